The molecule has 1 aromatic rings. The standard InChI is InChI=1S/C11H10O3/c12-10(7-5-6-7)8-3-1-2-4-9(8)11(13)14/h1-4,7H,5-6H2,(H,13,14). The van der Waals surface area contributed by atoms with Crippen molar-refractivity contribution in [1.82, 2.24) is 0 Å². The second-order valence-corrected chi connectivity index (χ2v) is 3.49. The summed E-state index contributed by atoms with van der Waals surface area (Å²) in [5, 5.41) is 8.86. The fourth-order valence-electron chi connectivity index (χ4n) is 1.45. The van der Waals surface area contributed by atoms with Crippen LogP contribution in [-0.2, 0) is 0 Å². The first-order valence-electron chi connectivity index (χ1n) is 4.56. The van der Waals surface area contributed by atoms with Gasteiger partial charge in [0.15, 0.2) is 5.78 Å². The van der Waals surface area contributed by atoms with Crippen LogP contribution in [0, 0.1) is 5.92 Å². The fraction of sp³-hybridized carbons (Fsp3) is 0.273. The lowest BCUT2D eigenvalue weighted by Gasteiger charge is -2.02. The number of benzene rings is 1. The summed E-state index contributed by atoms with van der Waals surface area (Å²) < 4.78 is 0. The lowest BCUT2D eigenvalue weighted by molar-refractivity contribution is 0.0691. The van der Waals surface area contributed by atoms with Crippen LogP contribution >= 0.6 is 0 Å². The van der Waals surface area contributed by atoms with Crippen molar-refractivity contribution in [2.75, 3.05) is 0 Å². The van der Waals surface area contributed by atoms with Crippen LogP contribution in [-0.4, -0.2) is 16.9 Å². The number of hydrogen-bond donors (Lipinski definition) is 1. The third-order valence-corrected chi connectivity index (χ3v) is 2.37. The van der Waals surface area contributed by atoms with E-state index in [1.165, 1.54) is 6.07 Å². The molecule has 1 fully saturated rings. The number of carboxylic acids is 1. The zero-order chi connectivity index (χ0) is 10.1. The normalized spacial score (nSPS) is 15.1. The number of rotatable bonds is 3. The number of carboxylic acid groups (broad SMARTS) is 1. The summed E-state index contributed by atoms with van der Waals surface area (Å²) in [5.74, 6) is -0.992. The summed E-state index contributed by atoms with van der Waals surface area (Å²) >= 11 is 0. The summed E-state index contributed by atoms with van der Waals surface area (Å²) in [6.07, 6.45) is 1.79. The van der Waals surface area contributed by atoms with E-state index in [1.807, 2.05) is 0 Å². The van der Waals surface area contributed by atoms with Gasteiger partial charge < -0.3 is 5.11 Å². The monoisotopic (exact) mass is 190 g/mol. The summed E-state index contributed by atoms with van der Waals surface area (Å²) in [6, 6.07) is 6.39. The highest BCUT2D eigenvalue weighted by molar-refractivity contribution is 6.07. The molecule has 3 nitrogen and oxygen atoms in total. The molecule has 3 heteroatoms. The van der Waals surface area contributed by atoms with Gasteiger partial charge in [-0.1, -0.05) is 18.2 Å². The van der Waals surface area contributed by atoms with Crippen LogP contribution in [0.1, 0.15) is 33.6 Å². The number of carbonyl (C=O) groups excluding carboxylic acids is 1. The van der Waals surface area contributed by atoms with Crippen molar-refractivity contribution in [1.29, 1.82) is 0 Å². The Balaban J connectivity index is 2.40. The van der Waals surface area contributed by atoms with E-state index in [9.17, 15) is 9.59 Å². The van der Waals surface area contributed by atoms with Gasteiger partial charge in [-0.3, -0.25) is 4.79 Å². The van der Waals surface area contributed by atoms with Gasteiger partial charge in [0.1, 0.15) is 0 Å². The Hall–Kier alpha value is -1.64. The van der Waals surface area contributed by atoms with Crippen LogP contribution in [0.4, 0.5) is 0 Å². The van der Waals surface area contributed by atoms with E-state index in [4.69, 9.17) is 5.11 Å². The number of Topliss-reactive ketones (excluding diaryl/α,β-unsaturated/α-hetero) is 1. The Morgan fingerprint density at radius 2 is 1.71 bits per heavy atom. The first-order chi connectivity index (χ1) is 6.70. The summed E-state index contributed by atoms with van der Waals surface area (Å²) in [5.41, 5.74) is 0.465. The van der Waals surface area contributed by atoms with Crippen LogP contribution in [0.5, 0.6) is 0 Å². The zero-order valence-electron chi connectivity index (χ0n) is 7.56. The molecule has 14 heavy (non-hydrogen) atoms. The third kappa shape index (κ3) is 1.53. The van der Waals surface area contributed by atoms with Gasteiger partial charge in [0, 0.05) is 11.5 Å². The van der Waals surface area contributed by atoms with Gasteiger partial charge in [0.2, 0.25) is 0 Å². The van der Waals surface area contributed by atoms with Crippen molar-refractivity contribution in [2.24, 2.45) is 5.92 Å². The van der Waals surface area contributed by atoms with E-state index in [1.54, 1.807) is 18.2 Å². The predicted octanol–water partition coefficient (Wildman–Crippen LogP) is 1.98. The first-order valence-corrected chi connectivity index (χ1v) is 4.56. The van der Waals surface area contributed by atoms with Crippen LogP contribution < -0.4 is 0 Å². The van der Waals surface area contributed by atoms with E-state index >= 15 is 0 Å². The molecule has 1 aromatic carbocycles. The van der Waals surface area contributed by atoms with E-state index in [0.717, 1.165) is 12.8 Å². The highest BCUT2D eigenvalue weighted by Crippen LogP contribution is 2.33. The lowest BCUT2D eigenvalue weighted by atomic mass is 10.0. The zero-order valence-corrected chi connectivity index (χ0v) is 7.56. The smallest absolute Gasteiger partial charge is 0.336 e. The third-order valence-electron chi connectivity index (χ3n) is 2.37. The van der Waals surface area contributed by atoms with E-state index < -0.39 is 5.97 Å². The SMILES string of the molecule is O=C(O)c1ccccc1C(=O)C1CC1. The van der Waals surface area contributed by atoms with E-state index in [2.05, 4.69) is 0 Å². The minimum absolute atomic E-state index is 0.0250. The Morgan fingerprint density at radius 1 is 1.14 bits per heavy atom. The van der Waals surface area contributed by atoms with Crippen molar-refractivity contribution in [3.63, 3.8) is 0 Å². The number of aromatic carboxylic acids is 1. The summed E-state index contributed by atoms with van der Waals surface area (Å²) in [6.45, 7) is 0. The minimum Gasteiger partial charge on any atom is -0.478 e. The van der Waals surface area contributed by atoms with Gasteiger partial charge in [-0.2, -0.15) is 0 Å². The van der Waals surface area contributed by atoms with Gasteiger partial charge in [-0.25, -0.2) is 4.79 Å². The van der Waals surface area contributed by atoms with Crippen LogP contribution in [0.25, 0.3) is 0 Å². The van der Waals surface area contributed by atoms with Crippen molar-refractivity contribution in [3.8, 4) is 0 Å². The number of carbonyl (C=O) groups is 2. The Bertz CT molecular complexity index is 391. The fourth-order valence-corrected chi connectivity index (χ4v) is 1.45. The van der Waals surface area contributed by atoms with Gasteiger partial charge in [-0.15, -0.1) is 0 Å². The van der Waals surface area contributed by atoms with Crippen LogP contribution in [0.2, 0.25) is 0 Å². The topological polar surface area (TPSA) is 54.4 Å². The molecule has 2 rings (SSSR count). The second-order valence-electron chi connectivity index (χ2n) is 3.49. The quantitative estimate of drug-likeness (QED) is 0.741. The van der Waals surface area contributed by atoms with Crippen LogP contribution in [0.15, 0.2) is 24.3 Å². The predicted molar refractivity (Wildman–Crippen MR) is 50.5 cm³/mol. The molecule has 0 aromatic heterocycles. The maximum atomic E-state index is 11.7. The molecule has 1 saturated carbocycles. The molecule has 0 radical (unpaired) electrons. The minimum atomic E-state index is -1.03. The molecular formula is C11H10O3. The van der Waals surface area contributed by atoms with Gasteiger partial charge >= 0.3 is 5.97 Å². The number of hydrogen-bond acceptors (Lipinski definition) is 2. The largest absolute Gasteiger partial charge is 0.478 e. The lowest BCUT2D eigenvalue weighted by Crippen LogP contribution is -2.09. The number of ketones is 1. The Morgan fingerprint density at radius 3 is 2.21 bits per heavy atom. The van der Waals surface area contributed by atoms with Gasteiger partial charge in [-0.05, 0) is 18.9 Å². The molecule has 1 N–H and O–H groups in total. The highest BCUT2D eigenvalue weighted by Gasteiger charge is 2.32. The van der Waals surface area contributed by atoms with Gasteiger partial charge in [0.25, 0.3) is 0 Å². The molecule has 72 valence electrons. The molecule has 1 aliphatic carbocycles. The Labute approximate surface area is 81.4 Å². The molecule has 0 aliphatic heterocycles. The van der Waals surface area contributed by atoms with Crippen molar-refractivity contribution in [3.05, 3.63) is 35.4 Å². The first kappa shape index (κ1) is 8.94. The molecule has 1 aliphatic rings. The van der Waals surface area contributed by atoms with E-state index in [0.29, 0.717) is 5.56 Å². The average molecular weight is 190 g/mol. The van der Waals surface area contributed by atoms with Crippen molar-refractivity contribution in [2.45, 2.75) is 12.8 Å². The maximum Gasteiger partial charge on any atom is 0.336 e. The maximum absolute atomic E-state index is 11.7. The molecule has 0 amide bonds. The second kappa shape index (κ2) is 3.25. The average Bonchev–Trinajstić information content (AvgIpc) is 3.00. The van der Waals surface area contributed by atoms with Crippen molar-refractivity contribution < 1.29 is 14.7 Å². The molecule has 0 saturated heterocycles. The molecular weight excluding hydrogens is 180 g/mol. The Kier molecular flexibility index (Phi) is 2.08. The summed E-state index contributed by atoms with van der Waals surface area (Å²) in [4.78, 5) is 22.5. The molecule has 0 spiro atoms. The summed E-state index contributed by atoms with van der Waals surface area (Å²) in [7, 11) is 0. The highest BCUT2D eigenvalue weighted by atomic mass is 16.4. The van der Waals surface area contributed by atoms with Crippen LogP contribution in [0.3, 0.4) is 0 Å². The van der Waals surface area contributed by atoms with E-state index in [-0.39, 0.29) is 17.3 Å². The van der Waals surface area contributed by atoms with Gasteiger partial charge in [0.05, 0.1) is 5.56 Å². The molecule has 0 bridgehead atoms. The molecule has 0 unspecified atom stereocenters. The molecule has 0 atom stereocenters. The molecule has 0 heterocycles. The van der Waals surface area contributed by atoms with Crippen molar-refractivity contribution >= 4 is 11.8 Å².